The van der Waals surface area contributed by atoms with E-state index < -0.39 is 5.92 Å². The van der Waals surface area contributed by atoms with E-state index in [1.165, 1.54) is 0 Å². The van der Waals surface area contributed by atoms with Gasteiger partial charge in [0.2, 0.25) is 5.88 Å². The van der Waals surface area contributed by atoms with Crippen molar-refractivity contribution < 1.29 is 14.2 Å². The van der Waals surface area contributed by atoms with Gasteiger partial charge in [-0.1, -0.05) is 36.4 Å². The second-order valence-electron chi connectivity index (χ2n) is 6.36. The van der Waals surface area contributed by atoms with E-state index in [4.69, 9.17) is 19.9 Å². The number of nitrogens with two attached hydrogens (primary N) is 1. The molecule has 0 spiro atoms. The van der Waals surface area contributed by atoms with Crippen LogP contribution in [0, 0.1) is 11.3 Å². The molecular weight excluding hydrogens is 420 g/mol. The summed E-state index contributed by atoms with van der Waals surface area (Å²) in [6.45, 7) is 0. The van der Waals surface area contributed by atoms with Crippen molar-refractivity contribution in [3.8, 4) is 23.3 Å². The maximum absolute atomic E-state index is 9.82. The third-order valence-electron chi connectivity index (χ3n) is 4.92. The van der Waals surface area contributed by atoms with Crippen LogP contribution in [0.15, 0.2) is 64.5 Å². The monoisotopic (exact) mass is 436 g/mol. The Morgan fingerprint density at radius 3 is 2.50 bits per heavy atom. The molecule has 1 aliphatic heterocycles. The summed E-state index contributed by atoms with van der Waals surface area (Å²) >= 11 is 3.53. The van der Waals surface area contributed by atoms with E-state index in [0.717, 1.165) is 26.4 Å². The van der Waals surface area contributed by atoms with Gasteiger partial charge in [0.15, 0.2) is 0 Å². The number of methoxy groups -OCH3 is 2. The van der Waals surface area contributed by atoms with E-state index in [0.29, 0.717) is 22.8 Å². The van der Waals surface area contributed by atoms with E-state index in [1.54, 1.807) is 20.3 Å². The maximum Gasteiger partial charge on any atom is 0.205 e. The van der Waals surface area contributed by atoms with Gasteiger partial charge in [0, 0.05) is 22.6 Å². The molecule has 140 valence electrons. The lowest BCUT2D eigenvalue weighted by molar-refractivity contribution is 0.382. The number of halogens is 1. The molecule has 0 unspecified atom stereocenters. The molecule has 1 aliphatic rings. The highest BCUT2D eigenvalue weighted by Gasteiger charge is 2.34. The average Bonchev–Trinajstić information content (AvgIpc) is 2.72. The summed E-state index contributed by atoms with van der Waals surface area (Å²) in [5, 5.41) is 11.8. The quantitative estimate of drug-likeness (QED) is 0.635. The van der Waals surface area contributed by atoms with E-state index >= 15 is 0 Å². The minimum absolute atomic E-state index is 0.102. The van der Waals surface area contributed by atoms with E-state index in [9.17, 15) is 5.26 Å². The molecule has 5 nitrogen and oxygen atoms in total. The van der Waals surface area contributed by atoms with Gasteiger partial charge in [-0.3, -0.25) is 0 Å². The number of rotatable bonds is 3. The topological polar surface area (TPSA) is 77.5 Å². The number of nitriles is 1. The van der Waals surface area contributed by atoms with Gasteiger partial charge in [-0.05, 0) is 27.4 Å². The van der Waals surface area contributed by atoms with Gasteiger partial charge in [0.1, 0.15) is 28.9 Å². The number of fused-ring (bicyclic) bond motifs is 3. The Kier molecular flexibility index (Phi) is 4.62. The maximum atomic E-state index is 9.82. The minimum atomic E-state index is -0.421. The molecule has 2 N–H and O–H groups in total. The van der Waals surface area contributed by atoms with Crippen LogP contribution in [0.2, 0.25) is 0 Å². The van der Waals surface area contributed by atoms with Crippen LogP contribution in [-0.2, 0) is 0 Å². The molecule has 0 radical (unpaired) electrons. The number of hydrogen-bond acceptors (Lipinski definition) is 5. The van der Waals surface area contributed by atoms with Crippen molar-refractivity contribution in [2.24, 2.45) is 5.73 Å². The van der Waals surface area contributed by atoms with Gasteiger partial charge >= 0.3 is 0 Å². The van der Waals surface area contributed by atoms with Gasteiger partial charge in [-0.15, -0.1) is 0 Å². The molecule has 0 amide bonds. The molecule has 0 saturated carbocycles. The Morgan fingerprint density at radius 1 is 1.04 bits per heavy atom. The lowest BCUT2D eigenvalue weighted by Crippen LogP contribution is -2.21. The van der Waals surface area contributed by atoms with Gasteiger partial charge in [-0.2, -0.15) is 5.26 Å². The summed E-state index contributed by atoms with van der Waals surface area (Å²) in [6, 6.07) is 17.8. The van der Waals surface area contributed by atoms with Crippen LogP contribution >= 0.6 is 15.9 Å². The number of hydrogen-bond donors (Lipinski definition) is 1. The zero-order chi connectivity index (χ0) is 19.8. The first kappa shape index (κ1) is 18.2. The van der Waals surface area contributed by atoms with E-state index in [-0.39, 0.29) is 5.88 Å². The second-order valence-corrected chi connectivity index (χ2v) is 7.21. The van der Waals surface area contributed by atoms with Crippen molar-refractivity contribution in [1.29, 1.82) is 5.26 Å². The van der Waals surface area contributed by atoms with Crippen molar-refractivity contribution in [2.75, 3.05) is 14.2 Å². The van der Waals surface area contributed by atoms with Gasteiger partial charge in [-0.25, -0.2) is 0 Å². The molecule has 6 heteroatoms. The van der Waals surface area contributed by atoms with E-state index in [1.807, 2.05) is 42.5 Å². The largest absolute Gasteiger partial charge is 0.496 e. The average molecular weight is 437 g/mol. The summed E-state index contributed by atoms with van der Waals surface area (Å²) < 4.78 is 17.7. The normalized spacial score (nSPS) is 15.6. The Bertz CT molecular complexity index is 1160. The van der Waals surface area contributed by atoms with Crippen LogP contribution < -0.4 is 19.9 Å². The molecule has 0 bridgehead atoms. The van der Waals surface area contributed by atoms with Crippen LogP contribution in [0.5, 0.6) is 17.2 Å². The van der Waals surface area contributed by atoms with Crippen molar-refractivity contribution in [2.45, 2.75) is 5.92 Å². The number of nitrogens with zero attached hydrogens (tertiary/aromatic N) is 1. The summed E-state index contributed by atoms with van der Waals surface area (Å²) in [6.07, 6.45) is 0. The highest BCUT2D eigenvalue weighted by atomic mass is 79.9. The van der Waals surface area contributed by atoms with Crippen molar-refractivity contribution in [3.05, 3.63) is 75.6 Å². The van der Waals surface area contributed by atoms with Crippen LogP contribution in [0.1, 0.15) is 17.0 Å². The highest BCUT2D eigenvalue weighted by Crippen LogP contribution is 2.49. The first-order valence-electron chi connectivity index (χ1n) is 8.59. The third-order valence-corrected chi connectivity index (χ3v) is 5.54. The van der Waals surface area contributed by atoms with Gasteiger partial charge in [0.25, 0.3) is 0 Å². The zero-order valence-electron chi connectivity index (χ0n) is 15.3. The smallest absolute Gasteiger partial charge is 0.205 e. The molecule has 0 fully saturated rings. The molecular formula is C22H17BrN2O3. The first-order valence-corrected chi connectivity index (χ1v) is 9.39. The van der Waals surface area contributed by atoms with Crippen molar-refractivity contribution in [1.82, 2.24) is 0 Å². The van der Waals surface area contributed by atoms with Crippen LogP contribution in [0.3, 0.4) is 0 Å². The predicted molar refractivity (Wildman–Crippen MR) is 110 cm³/mol. The first-order chi connectivity index (χ1) is 13.6. The van der Waals surface area contributed by atoms with Gasteiger partial charge < -0.3 is 19.9 Å². The van der Waals surface area contributed by atoms with Gasteiger partial charge in [0.05, 0.1) is 24.6 Å². The van der Waals surface area contributed by atoms with Crippen LogP contribution in [0.4, 0.5) is 0 Å². The molecule has 1 atom stereocenters. The van der Waals surface area contributed by atoms with Crippen molar-refractivity contribution >= 4 is 26.7 Å². The molecule has 4 rings (SSSR count). The fourth-order valence-corrected chi connectivity index (χ4v) is 4.14. The molecule has 0 aromatic heterocycles. The number of ether oxygens (including phenoxy) is 3. The Labute approximate surface area is 171 Å². The van der Waals surface area contributed by atoms with Crippen LogP contribution in [0.25, 0.3) is 10.8 Å². The molecule has 1 heterocycles. The zero-order valence-corrected chi connectivity index (χ0v) is 16.9. The molecule has 3 aromatic carbocycles. The minimum Gasteiger partial charge on any atom is -0.496 e. The molecule has 0 saturated heterocycles. The summed E-state index contributed by atoms with van der Waals surface area (Å²) in [5.74, 6) is 1.59. The molecule has 28 heavy (non-hydrogen) atoms. The molecule has 0 aliphatic carbocycles. The standard InChI is InChI=1S/C22H17BrN2O3/c1-26-18-10-19(27-2)17(23)9-15(18)20-14-8-7-12-5-3-4-6-13(12)21(14)28-22(25)16(20)11-24/h3-10,20H,25H2,1-2H3/t20-/m0/s1. The van der Waals surface area contributed by atoms with E-state index in [2.05, 4.69) is 22.0 Å². The fourth-order valence-electron chi connectivity index (χ4n) is 3.62. The summed E-state index contributed by atoms with van der Waals surface area (Å²) in [7, 11) is 3.18. The highest BCUT2D eigenvalue weighted by molar-refractivity contribution is 9.10. The third kappa shape index (κ3) is 2.76. The fraction of sp³-hybridized carbons (Fsp3) is 0.136. The Balaban J connectivity index is 2.03. The van der Waals surface area contributed by atoms with Crippen LogP contribution in [-0.4, -0.2) is 14.2 Å². The Morgan fingerprint density at radius 2 is 1.79 bits per heavy atom. The number of allylic oxidation sites excluding steroid dienone is 1. The molecule has 3 aromatic rings. The summed E-state index contributed by atoms with van der Waals surface area (Å²) in [5.41, 5.74) is 8.17. The van der Waals surface area contributed by atoms with Crippen molar-refractivity contribution in [3.63, 3.8) is 0 Å². The summed E-state index contributed by atoms with van der Waals surface area (Å²) in [4.78, 5) is 0. The lowest BCUT2D eigenvalue weighted by Gasteiger charge is -2.28. The second kappa shape index (κ2) is 7.10. The predicted octanol–water partition coefficient (Wildman–Crippen LogP) is 4.84. The SMILES string of the molecule is COc1cc(OC)c([C@H]2C(C#N)=C(N)Oc3c2ccc2ccccc32)cc1Br. The number of benzene rings is 3. The Hall–Kier alpha value is -3.17. The lowest BCUT2D eigenvalue weighted by atomic mass is 9.82.